The average molecular weight is 262 g/mol. The molecular formula is C16H26N2O. The number of hydrogen-bond donors (Lipinski definition) is 2. The zero-order valence-electron chi connectivity index (χ0n) is 12.1. The van der Waals surface area contributed by atoms with Crippen molar-refractivity contribution in [2.75, 3.05) is 25.0 Å². The highest BCUT2D eigenvalue weighted by molar-refractivity contribution is 5.46. The van der Waals surface area contributed by atoms with Gasteiger partial charge in [0.05, 0.1) is 0 Å². The minimum Gasteiger partial charge on any atom is -0.508 e. The quantitative estimate of drug-likeness (QED) is 0.799. The summed E-state index contributed by atoms with van der Waals surface area (Å²) in [6.45, 7) is 8.22. The molecule has 0 saturated carbocycles. The molecule has 1 fully saturated rings. The molecule has 1 saturated heterocycles. The lowest BCUT2D eigenvalue weighted by atomic mass is 9.91. The van der Waals surface area contributed by atoms with Crippen molar-refractivity contribution in [1.29, 1.82) is 0 Å². The number of piperidine rings is 1. The monoisotopic (exact) mass is 262 g/mol. The van der Waals surface area contributed by atoms with Crippen LogP contribution in [0.1, 0.15) is 33.1 Å². The van der Waals surface area contributed by atoms with Crippen molar-refractivity contribution >= 4 is 5.69 Å². The lowest BCUT2D eigenvalue weighted by Gasteiger charge is -2.36. The highest BCUT2D eigenvalue weighted by atomic mass is 16.3. The van der Waals surface area contributed by atoms with Crippen molar-refractivity contribution in [1.82, 2.24) is 4.90 Å². The number of aromatic hydroxyl groups is 1. The first-order valence-electron chi connectivity index (χ1n) is 7.47. The molecule has 0 radical (unpaired) electrons. The molecule has 0 amide bonds. The van der Waals surface area contributed by atoms with E-state index in [1.807, 2.05) is 12.1 Å². The summed E-state index contributed by atoms with van der Waals surface area (Å²) in [7, 11) is 0. The predicted octanol–water partition coefficient (Wildman–Crippen LogP) is 3.31. The molecule has 1 aromatic carbocycles. The first-order chi connectivity index (χ1) is 9.19. The van der Waals surface area contributed by atoms with Gasteiger partial charge in [-0.3, -0.25) is 0 Å². The van der Waals surface area contributed by atoms with Gasteiger partial charge in [0.15, 0.2) is 0 Å². The first kappa shape index (κ1) is 14.2. The second-order valence-corrected chi connectivity index (χ2v) is 5.68. The van der Waals surface area contributed by atoms with Crippen molar-refractivity contribution in [3.8, 4) is 5.75 Å². The fourth-order valence-electron chi connectivity index (χ4n) is 2.96. The van der Waals surface area contributed by atoms with Gasteiger partial charge in [-0.15, -0.1) is 0 Å². The van der Waals surface area contributed by atoms with Gasteiger partial charge in [0.2, 0.25) is 0 Å². The van der Waals surface area contributed by atoms with E-state index in [4.69, 9.17) is 0 Å². The van der Waals surface area contributed by atoms with Gasteiger partial charge in [-0.05, 0) is 69.5 Å². The second-order valence-electron chi connectivity index (χ2n) is 5.68. The summed E-state index contributed by atoms with van der Waals surface area (Å²) in [5, 5.41) is 12.9. The zero-order valence-corrected chi connectivity index (χ0v) is 12.1. The van der Waals surface area contributed by atoms with Crippen LogP contribution in [-0.4, -0.2) is 35.7 Å². The van der Waals surface area contributed by atoms with Gasteiger partial charge >= 0.3 is 0 Å². The molecule has 2 rings (SSSR count). The average Bonchev–Trinajstić information content (AvgIpc) is 2.42. The normalized spacial score (nSPS) is 22.1. The molecule has 2 atom stereocenters. The molecule has 0 bridgehead atoms. The molecule has 1 heterocycles. The number of hydrogen-bond acceptors (Lipinski definition) is 3. The highest BCUT2D eigenvalue weighted by Gasteiger charge is 2.23. The molecule has 0 aliphatic carbocycles. The number of nitrogens with zero attached hydrogens (tertiary/aromatic N) is 1. The van der Waals surface area contributed by atoms with Crippen molar-refractivity contribution in [2.24, 2.45) is 5.92 Å². The molecule has 1 aliphatic heterocycles. The Morgan fingerprint density at radius 2 is 2.11 bits per heavy atom. The third-order valence-electron chi connectivity index (χ3n) is 4.05. The van der Waals surface area contributed by atoms with Crippen LogP contribution in [0, 0.1) is 5.92 Å². The first-order valence-corrected chi connectivity index (χ1v) is 7.47. The van der Waals surface area contributed by atoms with Gasteiger partial charge in [0, 0.05) is 18.3 Å². The summed E-state index contributed by atoms with van der Waals surface area (Å²) in [6.07, 6.45) is 3.87. The van der Waals surface area contributed by atoms with E-state index in [9.17, 15) is 5.11 Å². The highest BCUT2D eigenvalue weighted by Crippen LogP contribution is 2.23. The molecule has 106 valence electrons. The van der Waals surface area contributed by atoms with Crippen LogP contribution in [0.2, 0.25) is 0 Å². The third-order valence-corrected chi connectivity index (χ3v) is 4.05. The summed E-state index contributed by atoms with van der Waals surface area (Å²) in [6, 6.07) is 7.83. The number of benzene rings is 1. The van der Waals surface area contributed by atoms with Gasteiger partial charge in [-0.25, -0.2) is 0 Å². The minimum absolute atomic E-state index is 0.324. The molecule has 0 aromatic heterocycles. The van der Waals surface area contributed by atoms with Crippen molar-refractivity contribution in [3.05, 3.63) is 24.3 Å². The number of phenols is 1. The number of rotatable bonds is 5. The molecule has 3 heteroatoms. The van der Waals surface area contributed by atoms with E-state index in [1.165, 1.54) is 38.9 Å². The Labute approximate surface area is 116 Å². The smallest absolute Gasteiger partial charge is 0.115 e. The van der Waals surface area contributed by atoms with E-state index in [2.05, 4.69) is 24.1 Å². The summed E-state index contributed by atoms with van der Waals surface area (Å²) in [5.41, 5.74) is 1.10. The maximum atomic E-state index is 9.30. The Morgan fingerprint density at radius 3 is 2.79 bits per heavy atom. The molecule has 19 heavy (non-hydrogen) atoms. The van der Waals surface area contributed by atoms with Crippen LogP contribution in [0.4, 0.5) is 5.69 Å². The van der Waals surface area contributed by atoms with E-state index >= 15 is 0 Å². The van der Waals surface area contributed by atoms with Crippen LogP contribution in [0.5, 0.6) is 5.75 Å². The van der Waals surface area contributed by atoms with Crippen molar-refractivity contribution in [2.45, 2.75) is 39.2 Å². The zero-order chi connectivity index (χ0) is 13.7. The maximum Gasteiger partial charge on any atom is 0.115 e. The van der Waals surface area contributed by atoms with Crippen LogP contribution >= 0.6 is 0 Å². The number of nitrogens with one attached hydrogen (secondary N) is 1. The Bertz CT molecular complexity index is 375. The van der Waals surface area contributed by atoms with E-state index in [-0.39, 0.29) is 0 Å². The largest absolute Gasteiger partial charge is 0.508 e. The van der Waals surface area contributed by atoms with Gasteiger partial charge in [-0.1, -0.05) is 6.92 Å². The Kier molecular flexibility index (Phi) is 5.08. The summed E-state index contributed by atoms with van der Waals surface area (Å²) < 4.78 is 0. The summed E-state index contributed by atoms with van der Waals surface area (Å²) in [5.74, 6) is 1.04. The van der Waals surface area contributed by atoms with E-state index in [0.29, 0.717) is 17.7 Å². The Balaban J connectivity index is 1.88. The standard InChI is InChI=1S/C16H26N2O/c1-3-10-18-11-4-5-14(12-18)13(2)17-15-6-8-16(19)9-7-15/h6-9,13-14,17,19H,3-5,10-12H2,1-2H3. The number of likely N-dealkylation sites (tertiary alicyclic amines) is 1. The molecular weight excluding hydrogens is 236 g/mol. The van der Waals surface area contributed by atoms with Gasteiger partial charge < -0.3 is 15.3 Å². The van der Waals surface area contributed by atoms with Crippen LogP contribution in [0.25, 0.3) is 0 Å². The number of phenolic OH excluding ortho intramolecular Hbond substituents is 1. The van der Waals surface area contributed by atoms with Gasteiger partial charge in [0.25, 0.3) is 0 Å². The Morgan fingerprint density at radius 1 is 1.37 bits per heavy atom. The van der Waals surface area contributed by atoms with Crippen LogP contribution in [0.15, 0.2) is 24.3 Å². The van der Waals surface area contributed by atoms with Crippen molar-refractivity contribution < 1.29 is 5.11 Å². The van der Waals surface area contributed by atoms with Gasteiger partial charge in [-0.2, -0.15) is 0 Å². The number of anilines is 1. The summed E-state index contributed by atoms with van der Waals surface area (Å²) >= 11 is 0. The van der Waals surface area contributed by atoms with Crippen LogP contribution < -0.4 is 5.32 Å². The van der Waals surface area contributed by atoms with Gasteiger partial charge in [0.1, 0.15) is 5.75 Å². The fourth-order valence-corrected chi connectivity index (χ4v) is 2.96. The summed E-state index contributed by atoms with van der Waals surface area (Å²) in [4.78, 5) is 2.59. The van der Waals surface area contributed by atoms with E-state index in [0.717, 1.165) is 5.69 Å². The predicted molar refractivity (Wildman–Crippen MR) is 80.6 cm³/mol. The van der Waals surface area contributed by atoms with Crippen LogP contribution in [0.3, 0.4) is 0 Å². The second kappa shape index (κ2) is 6.80. The molecule has 0 spiro atoms. The minimum atomic E-state index is 0.324. The van der Waals surface area contributed by atoms with E-state index in [1.54, 1.807) is 12.1 Å². The molecule has 2 N–H and O–H groups in total. The van der Waals surface area contributed by atoms with E-state index < -0.39 is 0 Å². The molecule has 1 aromatic rings. The molecule has 1 aliphatic rings. The fraction of sp³-hybridized carbons (Fsp3) is 0.625. The maximum absolute atomic E-state index is 9.30. The van der Waals surface area contributed by atoms with Crippen molar-refractivity contribution in [3.63, 3.8) is 0 Å². The topological polar surface area (TPSA) is 35.5 Å². The lowest BCUT2D eigenvalue weighted by molar-refractivity contribution is 0.165. The molecule has 3 nitrogen and oxygen atoms in total. The SMILES string of the molecule is CCCN1CCCC(C(C)Nc2ccc(O)cc2)C1. The lowest BCUT2D eigenvalue weighted by Crippen LogP contribution is -2.42. The molecule has 2 unspecified atom stereocenters. The Hall–Kier alpha value is -1.22. The van der Waals surface area contributed by atoms with Crippen LogP contribution in [-0.2, 0) is 0 Å². The third kappa shape index (κ3) is 4.13.